The summed E-state index contributed by atoms with van der Waals surface area (Å²) in [5.41, 5.74) is 3.62. The summed E-state index contributed by atoms with van der Waals surface area (Å²) in [4.78, 5) is 4.79. The zero-order chi connectivity index (χ0) is 17.6. The summed E-state index contributed by atoms with van der Waals surface area (Å²) in [5, 5.41) is 11.4. The Labute approximate surface area is 169 Å². The third-order valence-electron chi connectivity index (χ3n) is 4.70. The Bertz CT molecular complexity index is 564. The summed E-state index contributed by atoms with van der Waals surface area (Å²) < 4.78 is 7.85. The van der Waals surface area contributed by atoms with E-state index in [9.17, 15) is 0 Å². The van der Waals surface area contributed by atoms with Gasteiger partial charge in [0.05, 0.1) is 17.8 Å². The number of aliphatic imine (C=N–C) groups is 1. The van der Waals surface area contributed by atoms with Crippen molar-refractivity contribution >= 4 is 29.9 Å². The minimum atomic E-state index is -0.0757. The molecule has 0 aromatic carbocycles. The molecule has 2 N–H and O–H groups in total. The number of hydrogen-bond donors (Lipinski definition) is 2. The van der Waals surface area contributed by atoms with E-state index < -0.39 is 0 Å². The van der Waals surface area contributed by atoms with Crippen LogP contribution in [0.15, 0.2) is 4.99 Å². The predicted molar refractivity (Wildman–Crippen MR) is 114 cm³/mol. The minimum Gasteiger partial charge on any atom is -0.373 e. The lowest BCUT2D eigenvalue weighted by atomic mass is 10.0. The number of nitrogens with one attached hydrogen (secondary N) is 2. The zero-order valence-corrected chi connectivity index (χ0v) is 18.6. The monoisotopic (exact) mass is 463 g/mol. The van der Waals surface area contributed by atoms with Crippen molar-refractivity contribution in [1.82, 2.24) is 20.4 Å². The predicted octanol–water partition coefficient (Wildman–Crippen LogP) is 2.79. The molecule has 1 atom stereocenters. The van der Waals surface area contributed by atoms with Crippen molar-refractivity contribution in [3.05, 3.63) is 17.0 Å². The van der Waals surface area contributed by atoms with Crippen molar-refractivity contribution in [1.29, 1.82) is 0 Å². The van der Waals surface area contributed by atoms with Gasteiger partial charge in [-0.15, -0.1) is 24.0 Å². The van der Waals surface area contributed by atoms with Crippen molar-refractivity contribution in [3.63, 3.8) is 0 Å². The SMILES string of the molecule is CCNC(=NCc1c(CC)nn(C)c1CC)NCC1(C)CCCO1.I. The van der Waals surface area contributed by atoms with E-state index in [4.69, 9.17) is 9.73 Å². The molecule has 1 saturated heterocycles. The lowest BCUT2D eigenvalue weighted by Crippen LogP contribution is -2.45. The molecule has 2 rings (SSSR count). The van der Waals surface area contributed by atoms with Gasteiger partial charge in [0.2, 0.25) is 0 Å². The van der Waals surface area contributed by atoms with Crippen LogP contribution in [-0.4, -0.2) is 41.0 Å². The molecule has 1 aliphatic rings. The highest BCUT2D eigenvalue weighted by molar-refractivity contribution is 14.0. The molecule has 0 amide bonds. The van der Waals surface area contributed by atoms with Crippen molar-refractivity contribution in [2.45, 2.75) is 65.5 Å². The third-order valence-corrected chi connectivity index (χ3v) is 4.70. The van der Waals surface area contributed by atoms with Gasteiger partial charge in [0.1, 0.15) is 0 Å². The molecular formula is C18H34IN5O. The molecule has 0 aliphatic carbocycles. The molecule has 1 aromatic rings. The maximum absolute atomic E-state index is 5.85. The molecule has 1 unspecified atom stereocenters. The molecule has 0 spiro atoms. The molecule has 1 aliphatic heterocycles. The minimum absolute atomic E-state index is 0. The molecule has 2 heterocycles. The zero-order valence-electron chi connectivity index (χ0n) is 16.3. The van der Waals surface area contributed by atoms with Crippen LogP contribution < -0.4 is 10.6 Å². The van der Waals surface area contributed by atoms with E-state index in [0.29, 0.717) is 6.54 Å². The Hall–Kier alpha value is -0.830. The molecule has 1 fully saturated rings. The van der Waals surface area contributed by atoms with Crippen molar-refractivity contribution in [3.8, 4) is 0 Å². The smallest absolute Gasteiger partial charge is 0.191 e. The van der Waals surface area contributed by atoms with E-state index in [0.717, 1.165) is 57.0 Å². The van der Waals surface area contributed by atoms with E-state index in [1.807, 2.05) is 11.7 Å². The number of aromatic nitrogens is 2. The molecule has 6 nitrogen and oxygen atoms in total. The maximum atomic E-state index is 5.85. The van der Waals surface area contributed by atoms with Crippen LogP contribution in [0.25, 0.3) is 0 Å². The highest BCUT2D eigenvalue weighted by Gasteiger charge is 2.29. The Morgan fingerprint density at radius 3 is 2.60 bits per heavy atom. The molecule has 25 heavy (non-hydrogen) atoms. The fourth-order valence-corrected chi connectivity index (χ4v) is 3.32. The number of halogens is 1. The van der Waals surface area contributed by atoms with Crippen LogP contribution >= 0.6 is 24.0 Å². The summed E-state index contributed by atoms with van der Waals surface area (Å²) in [5.74, 6) is 0.849. The standard InChI is InChI=1S/C18H33N5O.HI/c1-6-15-14(16(7-2)23(5)22-15)12-20-17(19-8-3)21-13-18(4)10-9-11-24-18;/h6-13H2,1-5H3,(H2,19,20,21);1H. The van der Waals surface area contributed by atoms with E-state index in [-0.39, 0.29) is 29.6 Å². The normalized spacial score (nSPS) is 20.4. The Kier molecular flexibility index (Phi) is 9.20. The highest BCUT2D eigenvalue weighted by Crippen LogP contribution is 2.23. The quantitative estimate of drug-likeness (QED) is 0.371. The van der Waals surface area contributed by atoms with E-state index >= 15 is 0 Å². The lowest BCUT2D eigenvalue weighted by Gasteiger charge is -2.24. The van der Waals surface area contributed by atoms with E-state index in [1.165, 1.54) is 11.3 Å². The summed E-state index contributed by atoms with van der Waals surface area (Å²) in [7, 11) is 2.02. The average molecular weight is 463 g/mol. The molecule has 144 valence electrons. The van der Waals surface area contributed by atoms with Gasteiger partial charge in [0.25, 0.3) is 0 Å². The fraction of sp³-hybridized carbons (Fsp3) is 0.778. The van der Waals surface area contributed by atoms with Crippen molar-refractivity contribution in [2.24, 2.45) is 12.0 Å². The number of nitrogens with zero attached hydrogens (tertiary/aromatic N) is 3. The number of aryl methyl sites for hydroxylation is 2. The average Bonchev–Trinajstić information content (AvgIpc) is 3.13. The van der Waals surface area contributed by atoms with Crippen LogP contribution in [-0.2, 0) is 31.2 Å². The summed E-state index contributed by atoms with van der Waals surface area (Å²) in [6, 6.07) is 0. The van der Waals surface area contributed by atoms with Crippen LogP contribution in [0.2, 0.25) is 0 Å². The Balaban J connectivity index is 0.00000312. The largest absolute Gasteiger partial charge is 0.373 e. The first-order valence-corrected chi connectivity index (χ1v) is 9.22. The summed E-state index contributed by atoms with van der Waals surface area (Å²) >= 11 is 0. The second-order valence-corrected chi connectivity index (χ2v) is 6.65. The fourth-order valence-electron chi connectivity index (χ4n) is 3.32. The first-order chi connectivity index (χ1) is 11.5. The maximum Gasteiger partial charge on any atom is 0.191 e. The van der Waals surface area contributed by atoms with Gasteiger partial charge in [-0.3, -0.25) is 4.68 Å². The molecule has 7 heteroatoms. The summed E-state index contributed by atoms with van der Waals surface area (Å²) in [6.45, 7) is 11.7. The highest BCUT2D eigenvalue weighted by atomic mass is 127. The first-order valence-electron chi connectivity index (χ1n) is 9.22. The van der Waals surface area contributed by atoms with Gasteiger partial charge in [0, 0.05) is 38.0 Å². The van der Waals surface area contributed by atoms with Crippen LogP contribution in [0.1, 0.15) is 57.5 Å². The van der Waals surface area contributed by atoms with Crippen LogP contribution in [0.4, 0.5) is 0 Å². The molecule has 0 bridgehead atoms. The lowest BCUT2D eigenvalue weighted by molar-refractivity contribution is 0.0243. The van der Waals surface area contributed by atoms with Crippen LogP contribution in [0.3, 0.4) is 0 Å². The number of guanidine groups is 1. The van der Waals surface area contributed by atoms with E-state index in [2.05, 4.69) is 43.4 Å². The van der Waals surface area contributed by atoms with Gasteiger partial charge in [-0.05, 0) is 39.5 Å². The van der Waals surface area contributed by atoms with Gasteiger partial charge >= 0.3 is 0 Å². The van der Waals surface area contributed by atoms with Crippen LogP contribution in [0.5, 0.6) is 0 Å². The molecule has 0 radical (unpaired) electrons. The van der Waals surface area contributed by atoms with Gasteiger partial charge in [0.15, 0.2) is 5.96 Å². The number of rotatable bonds is 7. The van der Waals surface area contributed by atoms with E-state index in [1.54, 1.807) is 0 Å². The van der Waals surface area contributed by atoms with Gasteiger partial charge in [-0.1, -0.05) is 13.8 Å². The molecule has 1 aromatic heterocycles. The topological polar surface area (TPSA) is 63.5 Å². The summed E-state index contributed by atoms with van der Waals surface area (Å²) in [6.07, 6.45) is 4.15. The molecular weight excluding hydrogens is 429 g/mol. The van der Waals surface area contributed by atoms with Crippen molar-refractivity contribution < 1.29 is 4.74 Å². The Morgan fingerprint density at radius 1 is 1.28 bits per heavy atom. The first kappa shape index (κ1) is 22.2. The second kappa shape index (κ2) is 10.4. The van der Waals surface area contributed by atoms with Crippen LogP contribution in [0, 0.1) is 0 Å². The van der Waals surface area contributed by atoms with Gasteiger partial charge < -0.3 is 15.4 Å². The van der Waals surface area contributed by atoms with Gasteiger partial charge in [-0.2, -0.15) is 5.10 Å². The van der Waals surface area contributed by atoms with Gasteiger partial charge in [-0.25, -0.2) is 4.99 Å². The van der Waals surface area contributed by atoms with Crippen molar-refractivity contribution in [2.75, 3.05) is 19.7 Å². The third kappa shape index (κ3) is 5.84. The Morgan fingerprint density at radius 2 is 2.04 bits per heavy atom. The molecule has 0 saturated carbocycles. The number of ether oxygens (including phenoxy) is 1. The second-order valence-electron chi connectivity index (χ2n) is 6.65. The number of hydrogen-bond acceptors (Lipinski definition) is 3.